The number of methoxy groups -OCH3 is 1. The number of carbonyl (C=O) groups excluding carboxylic acids is 1. The number of aryl methyl sites for hydroxylation is 1. The second-order valence-corrected chi connectivity index (χ2v) is 6.76. The lowest BCUT2D eigenvalue weighted by Crippen LogP contribution is -2.24. The van der Waals surface area contributed by atoms with E-state index in [4.69, 9.17) is 9.47 Å². The van der Waals surface area contributed by atoms with E-state index in [-0.39, 0.29) is 5.56 Å². The maximum absolute atomic E-state index is 11.6. The van der Waals surface area contributed by atoms with Crippen molar-refractivity contribution in [2.75, 3.05) is 7.11 Å². The third-order valence-corrected chi connectivity index (χ3v) is 4.97. The molecule has 6 heteroatoms. The van der Waals surface area contributed by atoms with E-state index in [0.29, 0.717) is 12.3 Å². The fourth-order valence-electron chi connectivity index (χ4n) is 3.30. The number of carbonyl (C=O) groups is 2. The standard InChI is InChI=1S/C22H23NO5/c1-13-14(2)23(20-9-8-17(21(24)25)11-19(13)20)12-16-6-5-7-18(10-16)28-15(3)22(26)27-4/h5-11,15H,12H2,1-4H3,(H,24,25)/t15-/m1/s1. The van der Waals surface area contributed by atoms with Gasteiger partial charge in [0.1, 0.15) is 5.75 Å². The van der Waals surface area contributed by atoms with Gasteiger partial charge in [-0.2, -0.15) is 0 Å². The van der Waals surface area contributed by atoms with Crippen LogP contribution >= 0.6 is 0 Å². The lowest BCUT2D eigenvalue weighted by Gasteiger charge is -2.14. The van der Waals surface area contributed by atoms with Crippen LogP contribution in [-0.4, -0.2) is 34.8 Å². The first kappa shape index (κ1) is 19.5. The molecule has 1 aromatic heterocycles. The van der Waals surface area contributed by atoms with Crippen molar-refractivity contribution < 1.29 is 24.2 Å². The number of fused-ring (bicyclic) bond motifs is 1. The molecule has 2 aromatic carbocycles. The van der Waals surface area contributed by atoms with Gasteiger partial charge in [-0.1, -0.05) is 12.1 Å². The molecule has 146 valence electrons. The normalized spacial score (nSPS) is 12.0. The van der Waals surface area contributed by atoms with E-state index >= 15 is 0 Å². The molecular weight excluding hydrogens is 358 g/mol. The second-order valence-electron chi connectivity index (χ2n) is 6.76. The van der Waals surface area contributed by atoms with Gasteiger partial charge in [0.25, 0.3) is 0 Å². The van der Waals surface area contributed by atoms with Crippen LogP contribution in [0.25, 0.3) is 10.9 Å². The molecule has 0 bridgehead atoms. The smallest absolute Gasteiger partial charge is 0.346 e. The molecule has 0 unspecified atom stereocenters. The van der Waals surface area contributed by atoms with E-state index in [1.807, 2.05) is 38.1 Å². The average Bonchev–Trinajstić information content (AvgIpc) is 2.92. The van der Waals surface area contributed by atoms with Gasteiger partial charge in [0, 0.05) is 23.1 Å². The molecule has 1 N–H and O–H groups in total. The summed E-state index contributed by atoms with van der Waals surface area (Å²) in [6.45, 7) is 6.27. The van der Waals surface area contributed by atoms with Gasteiger partial charge in [0.05, 0.1) is 12.7 Å². The number of benzene rings is 2. The van der Waals surface area contributed by atoms with Gasteiger partial charge in [0.15, 0.2) is 6.10 Å². The van der Waals surface area contributed by atoms with Gasteiger partial charge in [-0.25, -0.2) is 9.59 Å². The van der Waals surface area contributed by atoms with Crippen LogP contribution < -0.4 is 4.74 Å². The second kappa shape index (κ2) is 7.76. The monoisotopic (exact) mass is 381 g/mol. The van der Waals surface area contributed by atoms with Crippen LogP contribution in [0.4, 0.5) is 0 Å². The molecule has 3 rings (SSSR count). The number of carboxylic acids is 1. The maximum Gasteiger partial charge on any atom is 0.346 e. The highest BCUT2D eigenvalue weighted by Crippen LogP contribution is 2.28. The summed E-state index contributed by atoms with van der Waals surface area (Å²) < 4.78 is 12.5. The number of carboxylic acid groups (broad SMARTS) is 1. The van der Waals surface area contributed by atoms with Crippen LogP contribution in [0.2, 0.25) is 0 Å². The largest absolute Gasteiger partial charge is 0.479 e. The van der Waals surface area contributed by atoms with Gasteiger partial charge in [-0.3, -0.25) is 0 Å². The summed E-state index contributed by atoms with van der Waals surface area (Å²) in [7, 11) is 1.33. The first-order chi connectivity index (χ1) is 13.3. The van der Waals surface area contributed by atoms with Crippen molar-refractivity contribution in [3.8, 4) is 5.75 Å². The SMILES string of the molecule is COC(=O)[C@@H](C)Oc1cccc(Cn2c(C)c(C)c3cc(C(=O)O)ccc32)c1. The summed E-state index contributed by atoms with van der Waals surface area (Å²) in [5.74, 6) is -0.770. The molecule has 6 nitrogen and oxygen atoms in total. The molecule has 0 radical (unpaired) electrons. The predicted octanol–water partition coefficient (Wildman–Crippen LogP) is 3.94. The van der Waals surface area contributed by atoms with Crippen LogP contribution in [-0.2, 0) is 16.1 Å². The molecule has 0 saturated heterocycles. The van der Waals surface area contributed by atoms with Crippen molar-refractivity contribution in [1.29, 1.82) is 0 Å². The quantitative estimate of drug-likeness (QED) is 0.654. The molecule has 0 saturated carbocycles. The summed E-state index contributed by atoms with van der Waals surface area (Å²) in [5, 5.41) is 10.2. The summed E-state index contributed by atoms with van der Waals surface area (Å²) in [5.41, 5.74) is 4.41. The number of ether oxygens (including phenoxy) is 2. The fraction of sp³-hybridized carbons (Fsp3) is 0.273. The number of aromatic nitrogens is 1. The Kier molecular flexibility index (Phi) is 5.40. The Bertz CT molecular complexity index is 1050. The molecule has 1 heterocycles. The number of aromatic carboxylic acids is 1. The van der Waals surface area contributed by atoms with E-state index in [1.54, 1.807) is 25.1 Å². The lowest BCUT2D eigenvalue weighted by atomic mass is 10.1. The summed E-state index contributed by atoms with van der Waals surface area (Å²) in [6.07, 6.45) is -0.689. The molecule has 0 aliphatic carbocycles. The van der Waals surface area contributed by atoms with Crippen molar-refractivity contribution >= 4 is 22.8 Å². The molecule has 28 heavy (non-hydrogen) atoms. The zero-order valence-electron chi connectivity index (χ0n) is 16.4. The Morgan fingerprint density at radius 1 is 1.14 bits per heavy atom. The Morgan fingerprint density at radius 3 is 2.57 bits per heavy atom. The van der Waals surface area contributed by atoms with Crippen molar-refractivity contribution in [3.63, 3.8) is 0 Å². The van der Waals surface area contributed by atoms with Gasteiger partial charge >= 0.3 is 11.9 Å². The third kappa shape index (κ3) is 3.71. The predicted molar refractivity (Wildman–Crippen MR) is 106 cm³/mol. The number of hydrogen-bond acceptors (Lipinski definition) is 4. The number of nitrogens with zero attached hydrogens (tertiary/aromatic N) is 1. The first-order valence-corrected chi connectivity index (χ1v) is 8.98. The minimum Gasteiger partial charge on any atom is -0.479 e. The molecular formula is C22H23NO5. The summed E-state index contributed by atoms with van der Waals surface area (Å²) >= 11 is 0. The average molecular weight is 381 g/mol. The fourth-order valence-corrected chi connectivity index (χ4v) is 3.30. The van der Waals surface area contributed by atoms with E-state index in [0.717, 1.165) is 27.7 Å². The van der Waals surface area contributed by atoms with Crippen molar-refractivity contribution in [2.45, 2.75) is 33.4 Å². The van der Waals surface area contributed by atoms with Crippen LogP contribution in [0.15, 0.2) is 42.5 Å². The molecule has 0 spiro atoms. The Hall–Kier alpha value is -3.28. The Labute approximate surface area is 163 Å². The van der Waals surface area contributed by atoms with E-state index in [9.17, 15) is 14.7 Å². The number of hydrogen-bond donors (Lipinski definition) is 1. The highest BCUT2D eigenvalue weighted by molar-refractivity contribution is 5.95. The molecule has 0 amide bonds. The molecule has 1 atom stereocenters. The van der Waals surface area contributed by atoms with Crippen LogP contribution in [0.3, 0.4) is 0 Å². The number of rotatable bonds is 6. The topological polar surface area (TPSA) is 77.8 Å². The number of esters is 1. The van der Waals surface area contributed by atoms with E-state index in [2.05, 4.69) is 4.57 Å². The zero-order chi connectivity index (χ0) is 20.4. The maximum atomic E-state index is 11.6. The third-order valence-electron chi connectivity index (χ3n) is 4.97. The minimum absolute atomic E-state index is 0.278. The molecule has 3 aromatic rings. The minimum atomic E-state index is -0.934. The van der Waals surface area contributed by atoms with Gasteiger partial charge < -0.3 is 19.1 Å². The van der Waals surface area contributed by atoms with Crippen molar-refractivity contribution in [2.24, 2.45) is 0 Å². The van der Waals surface area contributed by atoms with E-state index < -0.39 is 18.0 Å². The van der Waals surface area contributed by atoms with Crippen LogP contribution in [0.1, 0.15) is 34.1 Å². The van der Waals surface area contributed by atoms with E-state index in [1.165, 1.54) is 7.11 Å². The highest BCUT2D eigenvalue weighted by atomic mass is 16.6. The Balaban J connectivity index is 1.93. The molecule has 0 aliphatic heterocycles. The van der Waals surface area contributed by atoms with Crippen molar-refractivity contribution in [1.82, 2.24) is 4.57 Å². The van der Waals surface area contributed by atoms with Gasteiger partial charge in [0.2, 0.25) is 0 Å². The first-order valence-electron chi connectivity index (χ1n) is 8.98. The van der Waals surface area contributed by atoms with Gasteiger partial charge in [-0.05, 0) is 62.2 Å². The zero-order valence-corrected chi connectivity index (χ0v) is 16.4. The van der Waals surface area contributed by atoms with Crippen molar-refractivity contribution in [3.05, 3.63) is 64.8 Å². The van der Waals surface area contributed by atoms with Gasteiger partial charge in [-0.15, -0.1) is 0 Å². The van der Waals surface area contributed by atoms with Crippen LogP contribution in [0.5, 0.6) is 5.75 Å². The lowest BCUT2D eigenvalue weighted by molar-refractivity contribution is -0.147. The molecule has 0 fully saturated rings. The molecule has 0 aliphatic rings. The van der Waals surface area contributed by atoms with Crippen LogP contribution in [0, 0.1) is 13.8 Å². The summed E-state index contributed by atoms with van der Waals surface area (Å²) in [4.78, 5) is 22.8. The Morgan fingerprint density at radius 2 is 1.89 bits per heavy atom. The highest BCUT2D eigenvalue weighted by Gasteiger charge is 2.16. The summed E-state index contributed by atoms with van der Waals surface area (Å²) in [6, 6.07) is 12.7.